The molecule has 0 unspecified atom stereocenters. The van der Waals surface area contributed by atoms with E-state index in [0.29, 0.717) is 11.3 Å². The van der Waals surface area contributed by atoms with E-state index in [1.54, 1.807) is 6.92 Å². The van der Waals surface area contributed by atoms with Crippen LogP contribution in [0.1, 0.15) is 25.8 Å². The Morgan fingerprint density at radius 3 is 2.53 bits per heavy atom. The van der Waals surface area contributed by atoms with Crippen LogP contribution in [0.4, 0.5) is 5.69 Å². The monoisotopic (exact) mass is 263 g/mol. The summed E-state index contributed by atoms with van der Waals surface area (Å²) < 4.78 is 0. The van der Waals surface area contributed by atoms with Crippen molar-refractivity contribution < 1.29 is 14.8 Å². The lowest BCUT2D eigenvalue weighted by Gasteiger charge is -2.30. The zero-order chi connectivity index (χ0) is 14.2. The first-order valence-electron chi connectivity index (χ1n) is 5.67. The fourth-order valence-electron chi connectivity index (χ4n) is 2.13. The van der Waals surface area contributed by atoms with Crippen molar-refractivity contribution >= 4 is 17.3 Å². The zero-order valence-corrected chi connectivity index (χ0v) is 10.5. The molecular weight excluding hydrogens is 250 g/mol. The highest BCUT2D eigenvalue weighted by Crippen LogP contribution is 2.35. The molecule has 19 heavy (non-hydrogen) atoms. The van der Waals surface area contributed by atoms with E-state index in [2.05, 4.69) is 5.10 Å². The normalized spacial score (nSPS) is 22.3. The van der Waals surface area contributed by atoms with Gasteiger partial charge in [-0.15, -0.1) is 0 Å². The second-order valence-corrected chi connectivity index (χ2v) is 4.46. The Morgan fingerprint density at radius 2 is 2.05 bits per heavy atom. The van der Waals surface area contributed by atoms with Gasteiger partial charge in [-0.3, -0.25) is 14.9 Å². The van der Waals surface area contributed by atoms with Crippen LogP contribution >= 0.6 is 0 Å². The highest BCUT2D eigenvalue weighted by atomic mass is 16.6. The number of nitrogens with zero attached hydrogens (tertiary/aromatic N) is 3. The predicted molar refractivity (Wildman–Crippen MR) is 67.2 cm³/mol. The minimum Gasteiger partial charge on any atom is -0.365 e. The number of hydrogen-bond acceptors (Lipinski definition) is 5. The maximum absolute atomic E-state index is 11.5. The minimum absolute atomic E-state index is 0.0719. The van der Waals surface area contributed by atoms with Gasteiger partial charge in [0.2, 0.25) is 5.91 Å². The predicted octanol–water partition coefficient (Wildman–Crippen LogP) is 1.37. The molecule has 100 valence electrons. The van der Waals surface area contributed by atoms with Crippen molar-refractivity contribution in [3.8, 4) is 0 Å². The lowest BCUT2D eigenvalue weighted by molar-refractivity contribution is -0.384. The van der Waals surface area contributed by atoms with E-state index in [-0.39, 0.29) is 12.1 Å². The van der Waals surface area contributed by atoms with Crippen molar-refractivity contribution in [2.45, 2.75) is 26.0 Å². The molecule has 2 rings (SSSR count). The van der Waals surface area contributed by atoms with Crippen LogP contribution in [0, 0.1) is 10.1 Å². The van der Waals surface area contributed by atoms with E-state index in [1.807, 2.05) is 0 Å². The standard InChI is InChI=1S/C12H13N3O4/c1-8-7-12(17,14(13-8)9(2)16)10-3-5-11(6-4-10)15(18)19/h3-6,17H,7H2,1-2H3/t12-/m0/s1. The Morgan fingerprint density at radius 1 is 1.47 bits per heavy atom. The van der Waals surface area contributed by atoms with Gasteiger partial charge in [0.15, 0.2) is 5.72 Å². The van der Waals surface area contributed by atoms with E-state index in [9.17, 15) is 20.0 Å². The number of nitro benzene ring substituents is 1. The first kappa shape index (κ1) is 13.2. The number of benzene rings is 1. The number of hydrazone groups is 1. The quantitative estimate of drug-likeness (QED) is 0.643. The van der Waals surface area contributed by atoms with Crippen LogP contribution in [0.25, 0.3) is 0 Å². The maximum Gasteiger partial charge on any atom is 0.269 e. The molecule has 0 saturated carbocycles. The van der Waals surface area contributed by atoms with Crippen molar-refractivity contribution in [1.29, 1.82) is 0 Å². The number of amides is 1. The van der Waals surface area contributed by atoms with E-state index >= 15 is 0 Å². The molecular formula is C12H13N3O4. The number of aliphatic hydroxyl groups is 1. The largest absolute Gasteiger partial charge is 0.365 e. The average molecular weight is 263 g/mol. The molecule has 0 bridgehead atoms. The molecule has 0 saturated heterocycles. The maximum atomic E-state index is 11.5. The van der Waals surface area contributed by atoms with Gasteiger partial charge in [0, 0.05) is 36.8 Å². The molecule has 0 aliphatic carbocycles. The number of rotatable bonds is 2. The molecule has 1 N–H and O–H groups in total. The first-order valence-corrected chi connectivity index (χ1v) is 5.67. The van der Waals surface area contributed by atoms with Gasteiger partial charge in [0.25, 0.3) is 5.69 Å². The topological polar surface area (TPSA) is 96.0 Å². The summed E-state index contributed by atoms with van der Waals surface area (Å²) in [6, 6.07) is 5.45. The number of hydrogen-bond donors (Lipinski definition) is 1. The third-order valence-electron chi connectivity index (χ3n) is 2.96. The van der Waals surface area contributed by atoms with Crippen LogP contribution in [0.15, 0.2) is 29.4 Å². The van der Waals surface area contributed by atoms with Crippen LogP contribution in [0.5, 0.6) is 0 Å². The summed E-state index contributed by atoms with van der Waals surface area (Å²) in [7, 11) is 0. The minimum atomic E-state index is -1.56. The van der Waals surface area contributed by atoms with Crippen LogP contribution in [0.3, 0.4) is 0 Å². The van der Waals surface area contributed by atoms with Crippen LogP contribution in [-0.4, -0.2) is 26.7 Å². The van der Waals surface area contributed by atoms with Gasteiger partial charge in [-0.25, -0.2) is 0 Å². The lowest BCUT2D eigenvalue weighted by Crippen LogP contribution is -2.42. The number of carbonyl (C=O) groups is 1. The second-order valence-electron chi connectivity index (χ2n) is 4.46. The van der Waals surface area contributed by atoms with E-state index < -0.39 is 16.6 Å². The van der Waals surface area contributed by atoms with Crippen molar-refractivity contribution in [2.24, 2.45) is 5.10 Å². The molecule has 1 aliphatic heterocycles. The highest BCUT2D eigenvalue weighted by molar-refractivity contribution is 5.88. The van der Waals surface area contributed by atoms with Gasteiger partial charge >= 0.3 is 0 Å². The summed E-state index contributed by atoms with van der Waals surface area (Å²) in [5.74, 6) is -0.391. The van der Waals surface area contributed by atoms with E-state index in [1.165, 1.54) is 31.2 Å². The Labute approximate surface area is 109 Å². The van der Waals surface area contributed by atoms with Crippen LogP contribution < -0.4 is 0 Å². The van der Waals surface area contributed by atoms with Crippen molar-refractivity contribution in [3.63, 3.8) is 0 Å². The first-order chi connectivity index (χ1) is 8.84. The molecule has 0 spiro atoms. The summed E-state index contributed by atoms with van der Waals surface area (Å²) >= 11 is 0. The van der Waals surface area contributed by atoms with Crippen molar-refractivity contribution in [1.82, 2.24) is 5.01 Å². The molecule has 0 radical (unpaired) electrons. The van der Waals surface area contributed by atoms with E-state index in [0.717, 1.165) is 5.01 Å². The molecule has 1 heterocycles. The summed E-state index contributed by atoms with van der Waals surface area (Å²) in [5, 5.41) is 26.2. The Kier molecular flexibility index (Phi) is 3.07. The van der Waals surface area contributed by atoms with E-state index in [4.69, 9.17) is 0 Å². The van der Waals surface area contributed by atoms with Crippen LogP contribution in [0.2, 0.25) is 0 Å². The zero-order valence-electron chi connectivity index (χ0n) is 10.5. The summed E-state index contributed by atoms with van der Waals surface area (Å²) in [4.78, 5) is 21.6. The SMILES string of the molecule is CC(=O)N1N=C(C)C[C@]1(O)c1ccc([N+](=O)[O-])cc1. The third-order valence-corrected chi connectivity index (χ3v) is 2.96. The molecule has 7 heteroatoms. The summed E-state index contributed by atoms with van der Waals surface area (Å²) in [6.07, 6.45) is 0.185. The summed E-state index contributed by atoms with van der Waals surface area (Å²) in [6.45, 7) is 3.01. The second kappa shape index (κ2) is 4.43. The molecule has 1 atom stereocenters. The van der Waals surface area contributed by atoms with Crippen molar-refractivity contribution in [2.75, 3.05) is 0 Å². The number of nitro groups is 1. The Bertz CT molecular complexity index is 567. The fourth-order valence-corrected chi connectivity index (χ4v) is 2.13. The average Bonchev–Trinajstić information content (AvgIpc) is 2.66. The van der Waals surface area contributed by atoms with Gasteiger partial charge in [-0.2, -0.15) is 10.1 Å². The third kappa shape index (κ3) is 2.19. The number of carbonyl (C=O) groups excluding carboxylic acids is 1. The molecule has 1 aliphatic rings. The Hall–Kier alpha value is -2.28. The number of non-ortho nitro benzene ring substituents is 1. The highest BCUT2D eigenvalue weighted by Gasteiger charge is 2.43. The molecule has 0 aromatic heterocycles. The molecule has 1 aromatic rings. The smallest absolute Gasteiger partial charge is 0.269 e. The molecule has 7 nitrogen and oxygen atoms in total. The van der Waals surface area contributed by atoms with Gasteiger partial charge in [0.05, 0.1) is 4.92 Å². The van der Waals surface area contributed by atoms with Gasteiger partial charge in [-0.05, 0) is 19.1 Å². The van der Waals surface area contributed by atoms with Gasteiger partial charge in [0.1, 0.15) is 0 Å². The van der Waals surface area contributed by atoms with Gasteiger partial charge in [-0.1, -0.05) is 0 Å². The van der Waals surface area contributed by atoms with Crippen molar-refractivity contribution in [3.05, 3.63) is 39.9 Å². The van der Waals surface area contributed by atoms with Gasteiger partial charge < -0.3 is 5.11 Å². The van der Waals surface area contributed by atoms with Crippen LogP contribution in [-0.2, 0) is 10.5 Å². The Balaban J connectivity index is 2.39. The summed E-state index contributed by atoms with van der Waals surface area (Å²) in [5.41, 5.74) is -0.618. The molecule has 1 amide bonds. The fraction of sp³-hybridized carbons (Fsp3) is 0.333. The lowest BCUT2D eigenvalue weighted by atomic mass is 9.97. The molecule has 1 aromatic carbocycles. The molecule has 0 fully saturated rings.